The van der Waals surface area contributed by atoms with E-state index in [9.17, 15) is 9.90 Å². The molecule has 0 spiro atoms. The summed E-state index contributed by atoms with van der Waals surface area (Å²) >= 11 is 1.35. The molecule has 1 heterocycles. The van der Waals surface area contributed by atoms with E-state index in [1.165, 1.54) is 37.0 Å². The van der Waals surface area contributed by atoms with E-state index in [1.54, 1.807) is 0 Å². The first-order chi connectivity index (χ1) is 9.87. The van der Waals surface area contributed by atoms with Crippen molar-refractivity contribution in [3.8, 4) is 0 Å². The standard InChI is InChI=1S/C16H24N2O2S/c1-16(2)8-6-11(7-9-16)18(3)15-17-12(10-4-5-10)13(21-15)14(19)20/h10-11H,4-9H2,1-3H3,(H,19,20). The van der Waals surface area contributed by atoms with Crippen molar-refractivity contribution in [1.29, 1.82) is 0 Å². The van der Waals surface area contributed by atoms with Gasteiger partial charge in [0.2, 0.25) is 0 Å². The van der Waals surface area contributed by atoms with Gasteiger partial charge in [0.15, 0.2) is 5.13 Å². The third kappa shape index (κ3) is 3.07. The van der Waals surface area contributed by atoms with Gasteiger partial charge in [-0.3, -0.25) is 0 Å². The average molecular weight is 308 g/mol. The van der Waals surface area contributed by atoms with Gasteiger partial charge in [-0.2, -0.15) is 0 Å². The molecule has 3 rings (SSSR count). The van der Waals surface area contributed by atoms with Crippen LogP contribution in [-0.4, -0.2) is 29.1 Å². The van der Waals surface area contributed by atoms with Crippen LogP contribution in [0.3, 0.4) is 0 Å². The molecule has 116 valence electrons. The second-order valence-corrected chi connectivity index (χ2v) is 8.27. The number of carbonyl (C=O) groups is 1. The van der Waals surface area contributed by atoms with Crippen molar-refractivity contribution in [1.82, 2.24) is 4.98 Å². The summed E-state index contributed by atoms with van der Waals surface area (Å²) in [5, 5.41) is 10.3. The van der Waals surface area contributed by atoms with Gasteiger partial charge in [0, 0.05) is 19.0 Å². The second-order valence-electron chi connectivity index (χ2n) is 7.30. The number of aromatic carboxylic acids is 1. The summed E-state index contributed by atoms with van der Waals surface area (Å²) in [7, 11) is 2.07. The van der Waals surface area contributed by atoms with Crippen molar-refractivity contribution in [2.24, 2.45) is 5.41 Å². The van der Waals surface area contributed by atoms with E-state index in [0.717, 1.165) is 23.7 Å². The third-order valence-corrected chi connectivity index (χ3v) is 6.11. The molecule has 4 nitrogen and oxygen atoms in total. The molecule has 2 fully saturated rings. The van der Waals surface area contributed by atoms with E-state index >= 15 is 0 Å². The first-order valence-corrected chi connectivity index (χ1v) is 8.66. The summed E-state index contributed by atoms with van der Waals surface area (Å²) in [5.41, 5.74) is 1.27. The molecule has 0 radical (unpaired) electrons. The number of nitrogens with zero attached hydrogens (tertiary/aromatic N) is 2. The fourth-order valence-electron chi connectivity index (χ4n) is 3.19. The molecular formula is C16H24N2O2S. The minimum atomic E-state index is -0.821. The van der Waals surface area contributed by atoms with E-state index in [0.29, 0.717) is 22.3 Å². The molecule has 0 unspecified atom stereocenters. The number of anilines is 1. The van der Waals surface area contributed by atoms with Crippen LogP contribution in [0.25, 0.3) is 0 Å². The first kappa shape index (κ1) is 14.8. The second kappa shape index (κ2) is 5.27. The Hall–Kier alpha value is -1.10. The molecule has 5 heteroatoms. The number of hydrogen-bond acceptors (Lipinski definition) is 4. The first-order valence-electron chi connectivity index (χ1n) is 7.84. The summed E-state index contributed by atoms with van der Waals surface area (Å²) < 4.78 is 0. The number of thiazole rings is 1. The van der Waals surface area contributed by atoms with Crippen LogP contribution in [0.1, 0.15) is 73.7 Å². The van der Waals surface area contributed by atoms with Crippen molar-refractivity contribution < 1.29 is 9.90 Å². The van der Waals surface area contributed by atoms with E-state index in [1.807, 2.05) is 0 Å². The zero-order chi connectivity index (χ0) is 15.2. The van der Waals surface area contributed by atoms with Gasteiger partial charge in [-0.1, -0.05) is 25.2 Å². The van der Waals surface area contributed by atoms with Gasteiger partial charge >= 0.3 is 5.97 Å². The smallest absolute Gasteiger partial charge is 0.347 e. The molecule has 2 saturated carbocycles. The lowest BCUT2D eigenvalue weighted by molar-refractivity contribution is 0.0700. The molecule has 2 aliphatic rings. The van der Waals surface area contributed by atoms with Gasteiger partial charge in [0.25, 0.3) is 0 Å². The zero-order valence-corrected chi connectivity index (χ0v) is 13.9. The summed E-state index contributed by atoms with van der Waals surface area (Å²) in [6, 6.07) is 0.498. The van der Waals surface area contributed by atoms with Crippen molar-refractivity contribution in [2.75, 3.05) is 11.9 Å². The van der Waals surface area contributed by atoms with Crippen LogP contribution in [0, 0.1) is 5.41 Å². The van der Waals surface area contributed by atoms with Gasteiger partial charge in [-0.25, -0.2) is 9.78 Å². The third-order valence-electron chi connectivity index (χ3n) is 4.96. The monoisotopic (exact) mass is 308 g/mol. The Morgan fingerprint density at radius 2 is 1.90 bits per heavy atom. The number of aromatic nitrogens is 1. The normalized spacial score (nSPS) is 22.2. The minimum absolute atomic E-state index is 0.389. The lowest BCUT2D eigenvalue weighted by atomic mass is 9.75. The molecule has 0 saturated heterocycles. The molecule has 2 aliphatic carbocycles. The molecule has 0 bridgehead atoms. The largest absolute Gasteiger partial charge is 0.477 e. The number of carboxylic acids is 1. The Balaban J connectivity index is 1.77. The van der Waals surface area contributed by atoms with Gasteiger partial charge < -0.3 is 10.0 Å². The number of rotatable bonds is 4. The highest BCUT2D eigenvalue weighted by Gasteiger charge is 2.34. The fraction of sp³-hybridized carbons (Fsp3) is 0.750. The fourth-order valence-corrected chi connectivity index (χ4v) is 4.21. The topological polar surface area (TPSA) is 53.4 Å². The highest BCUT2D eigenvalue weighted by Crippen LogP contribution is 2.45. The molecule has 1 N–H and O–H groups in total. The lowest BCUT2D eigenvalue weighted by Crippen LogP contribution is -2.37. The number of carboxylic acid groups (broad SMARTS) is 1. The quantitative estimate of drug-likeness (QED) is 0.909. The molecule has 0 aromatic carbocycles. The summed E-state index contributed by atoms with van der Waals surface area (Å²) in [5.74, 6) is -0.432. The highest BCUT2D eigenvalue weighted by molar-refractivity contribution is 7.17. The highest BCUT2D eigenvalue weighted by atomic mass is 32.1. The Kier molecular flexibility index (Phi) is 3.72. The van der Waals surface area contributed by atoms with Gasteiger partial charge in [-0.05, 0) is 43.9 Å². The molecule has 0 aliphatic heterocycles. The molecule has 21 heavy (non-hydrogen) atoms. The van der Waals surface area contributed by atoms with E-state index in [-0.39, 0.29) is 0 Å². The summed E-state index contributed by atoms with van der Waals surface area (Å²) in [6.45, 7) is 4.67. The maximum Gasteiger partial charge on any atom is 0.347 e. The minimum Gasteiger partial charge on any atom is -0.477 e. The Morgan fingerprint density at radius 3 is 2.43 bits per heavy atom. The maximum atomic E-state index is 11.4. The van der Waals surface area contributed by atoms with Gasteiger partial charge in [0.05, 0.1) is 5.69 Å². The predicted molar refractivity (Wildman–Crippen MR) is 85.5 cm³/mol. The Bertz CT molecular complexity index is 538. The van der Waals surface area contributed by atoms with E-state index < -0.39 is 5.97 Å². The van der Waals surface area contributed by atoms with Crippen LogP contribution in [0.15, 0.2) is 0 Å². The molecule has 1 aromatic heterocycles. The average Bonchev–Trinajstić information content (AvgIpc) is 3.16. The van der Waals surface area contributed by atoms with Crippen LogP contribution in [0.5, 0.6) is 0 Å². The van der Waals surface area contributed by atoms with E-state index in [4.69, 9.17) is 0 Å². The summed E-state index contributed by atoms with van der Waals surface area (Å²) in [6.07, 6.45) is 6.98. The van der Waals surface area contributed by atoms with Gasteiger partial charge in [0.1, 0.15) is 4.88 Å². The lowest BCUT2D eigenvalue weighted by Gasteiger charge is -2.38. The molecule has 1 aromatic rings. The van der Waals surface area contributed by atoms with Crippen LogP contribution in [0.4, 0.5) is 5.13 Å². The predicted octanol–water partition coefficient (Wildman–Crippen LogP) is 4.12. The van der Waals surface area contributed by atoms with Crippen LogP contribution >= 0.6 is 11.3 Å². The van der Waals surface area contributed by atoms with Crippen LogP contribution in [-0.2, 0) is 0 Å². The maximum absolute atomic E-state index is 11.4. The van der Waals surface area contributed by atoms with Crippen LogP contribution in [0.2, 0.25) is 0 Å². The zero-order valence-electron chi connectivity index (χ0n) is 13.1. The van der Waals surface area contributed by atoms with Crippen molar-refractivity contribution >= 4 is 22.4 Å². The van der Waals surface area contributed by atoms with Gasteiger partial charge in [-0.15, -0.1) is 0 Å². The molecule has 0 amide bonds. The number of hydrogen-bond donors (Lipinski definition) is 1. The van der Waals surface area contributed by atoms with Crippen molar-refractivity contribution in [2.45, 2.75) is 64.3 Å². The van der Waals surface area contributed by atoms with Crippen molar-refractivity contribution in [3.63, 3.8) is 0 Å². The SMILES string of the molecule is CN(c1nc(C2CC2)c(C(=O)O)s1)C1CCC(C)(C)CC1. The Morgan fingerprint density at radius 1 is 1.29 bits per heavy atom. The van der Waals surface area contributed by atoms with Crippen molar-refractivity contribution in [3.05, 3.63) is 10.6 Å². The summed E-state index contributed by atoms with van der Waals surface area (Å²) in [4.78, 5) is 18.7. The Labute approximate surface area is 130 Å². The van der Waals surface area contributed by atoms with Crippen LogP contribution < -0.4 is 4.90 Å². The van der Waals surface area contributed by atoms with E-state index in [2.05, 4.69) is 30.8 Å². The molecular weight excluding hydrogens is 284 g/mol. The molecule has 0 atom stereocenters.